The van der Waals surface area contributed by atoms with E-state index in [1.807, 2.05) is 12.1 Å². The second-order valence-electron chi connectivity index (χ2n) is 5.72. The largest absolute Gasteiger partial charge is 0.207 e. The van der Waals surface area contributed by atoms with Crippen molar-refractivity contribution in [3.05, 3.63) is 69.0 Å². The van der Waals surface area contributed by atoms with Gasteiger partial charge in [-0.05, 0) is 54.5 Å². The monoisotopic (exact) mass is 324 g/mol. The zero-order chi connectivity index (χ0) is 15.4. The van der Waals surface area contributed by atoms with E-state index in [-0.39, 0.29) is 5.82 Å². The molecule has 2 rings (SSSR count). The van der Waals surface area contributed by atoms with E-state index in [0.717, 1.165) is 17.0 Å². The van der Waals surface area contributed by atoms with Crippen molar-refractivity contribution in [2.75, 3.05) is 0 Å². The lowest BCUT2D eigenvalue weighted by Gasteiger charge is -2.10. The molecule has 0 radical (unpaired) electrons. The van der Waals surface area contributed by atoms with E-state index in [4.69, 9.17) is 23.2 Å². The molecule has 2 aromatic rings. The maximum absolute atomic E-state index is 13.7. The molecule has 0 amide bonds. The summed E-state index contributed by atoms with van der Waals surface area (Å²) in [6.45, 7) is 4.37. The normalized spacial score (nSPS) is 11.1. The zero-order valence-electron chi connectivity index (χ0n) is 12.3. The van der Waals surface area contributed by atoms with Crippen LogP contribution in [0, 0.1) is 11.7 Å². The number of hydrogen-bond donors (Lipinski definition) is 0. The fourth-order valence-corrected chi connectivity index (χ4v) is 2.98. The molecule has 112 valence electrons. The molecule has 0 N–H and O–H groups in total. The van der Waals surface area contributed by atoms with E-state index in [1.54, 1.807) is 12.1 Å². The predicted octanol–water partition coefficient (Wildman–Crippen LogP) is 6.12. The van der Waals surface area contributed by atoms with Crippen LogP contribution in [-0.4, -0.2) is 0 Å². The molecular weight excluding hydrogens is 306 g/mol. The number of halogens is 3. The van der Waals surface area contributed by atoms with Crippen molar-refractivity contribution in [1.29, 1.82) is 0 Å². The molecule has 21 heavy (non-hydrogen) atoms. The molecule has 2 aromatic carbocycles. The third-order valence-corrected chi connectivity index (χ3v) is 4.17. The third kappa shape index (κ3) is 4.46. The summed E-state index contributed by atoms with van der Waals surface area (Å²) in [5.74, 6) is 0.346. The Kier molecular flexibility index (Phi) is 5.66. The highest BCUT2D eigenvalue weighted by Gasteiger charge is 2.09. The molecular formula is C18H19Cl2F. The molecule has 0 aromatic heterocycles. The minimum atomic E-state index is -0.255. The summed E-state index contributed by atoms with van der Waals surface area (Å²) in [4.78, 5) is 0. The minimum absolute atomic E-state index is 0.255. The van der Waals surface area contributed by atoms with E-state index in [0.29, 0.717) is 29.3 Å². The fraction of sp³-hybridized carbons (Fsp3) is 0.333. The highest BCUT2D eigenvalue weighted by molar-refractivity contribution is 6.31. The van der Waals surface area contributed by atoms with Crippen molar-refractivity contribution in [3.63, 3.8) is 0 Å². The highest BCUT2D eigenvalue weighted by atomic mass is 35.5. The Balaban J connectivity index is 2.10. The first-order valence-corrected chi connectivity index (χ1v) is 7.93. The molecule has 0 aliphatic heterocycles. The van der Waals surface area contributed by atoms with E-state index < -0.39 is 0 Å². The summed E-state index contributed by atoms with van der Waals surface area (Å²) >= 11 is 12.4. The van der Waals surface area contributed by atoms with Crippen molar-refractivity contribution < 1.29 is 4.39 Å². The average Bonchev–Trinajstić information content (AvgIpc) is 2.39. The molecule has 0 bridgehead atoms. The van der Waals surface area contributed by atoms with Crippen molar-refractivity contribution in [2.45, 2.75) is 33.1 Å². The van der Waals surface area contributed by atoms with E-state index >= 15 is 0 Å². The minimum Gasteiger partial charge on any atom is -0.207 e. The van der Waals surface area contributed by atoms with Gasteiger partial charge in [-0.25, -0.2) is 4.39 Å². The second kappa shape index (κ2) is 7.29. The van der Waals surface area contributed by atoms with Crippen LogP contribution in [0.2, 0.25) is 10.0 Å². The second-order valence-corrected chi connectivity index (χ2v) is 6.54. The summed E-state index contributed by atoms with van der Waals surface area (Å²) < 4.78 is 13.7. The van der Waals surface area contributed by atoms with E-state index in [9.17, 15) is 4.39 Å². The lowest BCUT2D eigenvalue weighted by molar-refractivity contribution is 0.609. The predicted molar refractivity (Wildman–Crippen MR) is 88.8 cm³/mol. The fourth-order valence-electron chi connectivity index (χ4n) is 2.42. The van der Waals surface area contributed by atoms with Gasteiger partial charge < -0.3 is 0 Å². The molecule has 0 atom stereocenters. The van der Waals surface area contributed by atoms with Gasteiger partial charge in [0.15, 0.2) is 0 Å². The van der Waals surface area contributed by atoms with Gasteiger partial charge in [-0.15, -0.1) is 0 Å². The topological polar surface area (TPSA) is 0 Å². The van der Waals surface area contributed by atoms with Crippen LogP contribution in [0.3, 0.4) is 0 Å². The average molecular weight is 325 g/mol. The number of benzene rings is 2. The Hall–Kier alpha value is -1.05. The van der Waals surface area contributed by atoms with Crippen molar-refractivity contribution in [1.82, 2.24) is 0 Å². The van der Waals surface area contributed by atoms with Crippen molar-refractivity contribution in [2.24, 2.45) is 5.92 Å². The SMILES string of the molecule is CC(C)Cc1ccc(CCc2c(F)cccc2Cl)c(Cl)c1. The van der Waals surface area contributed by atoms with Crippen LogP contribution >= 0.6 is 23.2 Å². The van der Waals surface area contributed by atoms with Crippen LogP contribution in [0.25, 0.3) is 0 Å². The first-order chi connectivity index (χ1) is 9.97. The van der Waals surface area contributed by atoms with Gasteiger partial charge in [0.25, 0.3) is 0 Å². The smallest absolute Gasteiger partial charge is 0.127 e. The van der Waals surface area contributed by atoms with Crippen LogP contribution in [0.1, 0.15) is 30.5 Å². The van der Waals surface area contributed by atoms with Gasteiger partial charge in [0.05, 0.1) is 0 Å². The molecule has 0 aliphatic carbocycles. The molecule has 0 saturated heterocycles. The number of rotatable bonds is 5. The Labute approximate surface area is 135 Å². The van der Waals surface area contributed by atoms with E-state index in [2.05, 4.69) is 19.9 Å². The van der Waals surface area contributed by atoms with Gasteiger partial charge in [0.1, 0.15) is 5.82 Å². The maximum Gasteiger partial charge on any atom is 0.127 e. The summed E-state index contributed by atoms with van der Waals surface area (Å²) in [5, 5.41) is 1.23. The molecule has 0 unspecified atom stereocenters. The van der Waals surface area contributed by atoms with Crippen LogP contribution < -0.4 is 0 Å². The Morgan fingerprint density at radius 2 is 1.76 bits per heavy atom. The zero-order valence-corrected chi connectivity index (χ0v) is 13.8. The third-order valence-electron chi connectivity index (χ3n) is 3.47. The highest BCUT2D eigenvalue weighted by Crippen LogP contribution is 2.24. The first kappa shape index (κ1) is 16.3. The summed E-state index contributed by atoms with van der Waals surface area (Å²) in [6.07, 6.45) is 2.25. The molecule has 0 nitrogen and oxygen atoms in total. The van der Waals surface area contributed by atoms with Gasteiger partial charge in [0.2, 0.25) is 0 Å². The summed E-state index contributed by atoms with van der Waals surface area (Å²) in [7, 11) is 0. The first-order valence-electron chi connectivity index (χ1n) is 7.17. The summed E-state index contributed by atoms with van der Waals surface area (Å²) in [5.41, 5.74) is 2.83. The Morgan fingerprint density at radius 1 is 1.00 bits per heavy atom. The Morgan fingerprint density at radius 3 is 2.38 bits per heavy atom. The van der Waals surface area contributed by atoms with Crippen LogP contribution in [0.4, 0.5) is 4.39 Å². The van der Waals surface area contributed by atoms with Gasteiger partial charge in [-0.3, -0.25) is 0 Å². The molecule has 0 spiro atoms. The van der Waals surface area contributed by atoms with Crippen LogP contribution in [0.5, 0.6) is 0 Å². The van der Waals surface area contributed by atoms with Crippen LogP contribution in [0.15, 0.2) is 36.4 Å². The lowest BCUT2D eigenvalue weighted by atomic mass is 9.99. The lowest BCUT2D eigenvalue weighted by Crippen LogP contribution is -1.98. The summed E-state index contributed by atoms with van der Waals surface area (Å²) in [6, 6.07) is 10.9. The Bertz CT molecular complexity index is 600. The van der Waals surface area contributed by atoms with Gasteiger partial charge in [0, 0.05) is 15.6 Å². The molecule has 0 aliphatic rings. The molecule has 0 fully saturated rings. The molecule has 0 saturated carbocycles. The standard InChI is InChI=1S/C18H19Cl2F/c1-12(2)10-13-6-7-14(17(20)11-13)8-9-15-16(19)4-3-5-18(15)21/h3-7,11-12H,8-10H2,1-2H3. The van der Waals surface area contributed by atoms with Crippen LogP contribution in [-0.2, 0) is 19.3 Å². The number of hydrogen-bond acceptors (Lipinski definition) is 0. The van der Waals surface area contributed by atoms with Crippen molar-refractivity contribution >= 4 is 23.2 Å². The maximum atomic E-state index is 13.7. The quantitative estimate of drug-likeness (QED) is 0.621. The van der Waals surface area contributed by atoms with E-state index in [1.165, 1.54) is 11.6 Å². The molecule has 0 heterocycles. The number of aryl methyl sites for hydroxylation is 1. The molecule has 3 heteroatoms. The van der Waals surface area contributed by atoms with Gasteiger partial charge in [-0.1, -0.05) is 55.2 Å². The van der Waals surface area contributed by atoms with Gasteiger partial charge >= 0.3 is 0 Å². The van der Waals surface area contributed by atoms with Gasteiger partial charge in [-0.2, -0.15) is 0 Å². The van der Waals surface area contributed by atoms with Crippen molar-refractivity contribution in [3.8, 4) is 0 Å².